The Morgan fingerprint density at radius 2 is 1.94 bits per heavy atom. The summed E-state index contributed by atoms with van der Waals surface area (Å²) in [5.41, 5.74) is 2.83. The van der Waals surface area contributed by atoms with Crippen LogP contribution in [0.2, 0.25) is 0 Å². The molecule has 186 valence electrons. The van der Waals surface area contributed by atoms with Crippen molar-refractivity contribution < 1.29 is 9.53 Å². The Kier molecular flexibility index (Phi) is 7.32. The van der Waals surface area contributed by atoms with Crippen molar-refractivity contribution in [1.29, 1.82) is 0 Å². The summed E-state index contributed by atoms with van der Waals surface area (Å²) < 4.78 is 7.18. The normalized spacial score (nSPS) is 16.3. The number of carbonyl (C=O) groups is 1. The highest BCUT2D eigenvalue weighted by molar-refractivity contribution is 7.20. The summed E-state index contributed by atoms with van der Waals surface area (Å²) in [6.07, 6.45) is 7.52. The van der Waals surface area contributed by atoms with Gasteiger partial charge in [0.2, 0.25) is 16.0 Å². The van der Waals surface area contributed by atoms with Crippen molar-refractivity contribution in [2.24, 2.45) is 5.92 Å². The molecule has 3 heterocycles. The zero-order valence-electron chi connectivity index (χ0n) is 20.3. The first kappa shape index (κ1) is 23.8. The second-order valence-electron chi connectivity index (χ2n) is 9.45. The van der Waals surface area contributed by atoms with Gasteiger partial charge in [-0.1, -0.05) is 36.8 Å². The quantitative estimate of drug-likeness (QED) is 0.479. The smallest absolute Gasteiger partial charge is 0.278 e. The number of piperidine rings is 1. The minimum Gasteiger partial charge on any atom is -0.494 e. The van der Waals surface area contributed by atoms with Crippen LogP contribution in [0, 0.1) is 5.92 Å². The summed E-state index contributed by atoms with van der Waals surface area (Å²) in [6, 6.07) is 7.94. The van der Waals surface area contributed by atoms with Crippen molar-refractivity contribution in [2.75, 3.05) is 24.6 Å². The van der Waals surface area contributed by atoms with Gasteiger partial charge in [-0.2, -0.15) is 4.52 Å². The summed E-state index contributed by atoms with van der Waals surface area (Å²) in [7, 11) is 0. The molecule has 1 aliphatic heterocycles. The molecular formula is C26H33N5O3S. The molecule has 1 aliphatic carbocycles. The number of hydrogen-bond donors (Lipinski definition) is 1. The Bertz CT molecular complexity index is 1230. The summed E-state index contributed by atoms with van der Waals surface area (Å²) in [4.78, 5) is 33.2. The Morgan fingerprint density at radius 3 is 2.71 bits per heavy atom. The topological polar surface area (TPSA) is 88.8 Å². The Morgan fingerprint density at radius 1 is 1.17 bits per heavy atom. The van der Waals surface area contributed by atoms with Crippen LogP contribution in [0.15, 0.2) is 29.1 Å². The van der Waals surface area contributed by atoms with Crippen molar-refractivity contribution in [3.8, 4) is 5.75 Å². The predicted octanol–water partition coefficient (Wildman–Crippen LogP) is 3.74. The molecule has 1 saturated heterocycles. The number of rotatable bonds is 8. The van der Waals surface area contributed by atoms with Crippen molar-refractivity contribution in [3.63, 3.8) is 0 Å². The van der Waals surface area contributed by atoms with Crippen LogP contribution < -0.4 is 20.5 Å². The van der Waals surface area contributed by atoms with Crippen LogP contribution >= 0.6 is 11.3 Å². The van der Waals surface area contributed by atoms with Gasteiger partial charge in [0.25, 0.3) is 5.56 Å². The van der Waals surface area contributed by atoms with E-state index in [0.29, 0.717) is 11.5 Å². The van der Waals surface area contributed by atoms with Gasteiger partial charge in [0.05, 0.1) is 12.3 Å². The molecule has 8 nitrogen and oxygen atoms in total. The van der Waals surface area contributed by atoms with Gasteiger partial charge < -0.3 is 15.0 Å². The first-order valence-electron chi connectivity index (χ1n) is 12.8. The molecule has 0 spiro atoms. The Balaban J connectivity index is 1.14. The van der Waals surface area contributed by atoms with Crippen molar-refractivity contribution in [2.45, 2.75) is 64.8 Å². The standard InChI is InChI=1S/C26H33N5O3S/c1-2-3-16-34-20-10-8-18(9-11-20)17-27-23(32)19-12-14-30(15-13-19)26-29-31-24(33)21-6-4-5-7-22(21)28-25(31)35-26/h8-11,19H,2-7,12-17H2,1H3,(H,27,32). The van der Waals surface area contributed by atoms with Crippen molar-refractivity contribution in [1.82, 2.24) is 19.9 Å². The largest absolute Gasteiger partial charge is 0.494 e. The van der Waals surface area contributed by atoms with Crippen LogP contribution in [-0.2, 0) is 24.2 Å². The molecule has 3 aromatic rings. The maximum atomic E-state index is 12.9. The highest BCUT2D eigenvalue weighted by atomic mass is 32.1. The van der Waals surface area contributed by atoms with E-state index in [2.05, 4.69) is 22.2 Å². The fourth-order valence-electron chi connectivity index (χ4n) is 4.79. The van der Waals surface area contributed by atoms with Gasteiger partial charge in [-0.3, -0.25) is 9.59 Å². The lowest BCUT2D eigenvalue weighted by molar-refractivity contribution is -0.125. The maximum Gasteiger partial charge on any atom is 0.278 e. The molecule has 9 heteroatoms. The lowest BCUT2D eigenvalue weighted by Crippen LogP contribution is -2.40. The number of nitrogens with one attached hydrogen (secondary N) is 1. The van der Waals surface area contributed by atoms with Gasteiger partial charge in [-0.05, 0) is 62.6 Å². The molecule has 1 amide bonds. The van der Waals surface area contributed by atoms with E-state index in [1.165, 1.54) is 15.9 Å². The summed E-state index contributed by atoms with van der Waals surface area (Å²) in [5, 5.41) is 8.50. The number of hydrogen-bond acceptors (Lipinski definition) is 7. The van der Waals surface area contributed by atoms with Crippen LogP contribution in [0.5, 0.6) is 5.75 Å². The molecule has 5 rings (SSSR count). The summed E-state index contributed by atoms with van der Waals surface area (Å²) >= 11 is 1.47. The van der Waals surface area contributed by atoms with E-state index in [0.717, 1.165) is 98.8 Å². The lowest BCUT2D eigenvalue weighted by atomic mass is 9.96. The van der Waals surface area contributed by atoms with Crippen LogP contribution in [0.1, 0.15) is 62.3 Å². The average Bonchev–Trinajstić information content (AvgIpc) is 3.33. The monoisotopic (exact) mass is 495 g/mol. The van der Waals surface area contributed by atoms with Gasteiger partial charge in [-0.25, -0.2) is 4.98 Å². The summed E-state index contributed by atoms with van der Waals surface area (Å²) in [6.45, 7) is 4.89. The maximum absolute atomic E-state index is 12.9. The molecule has 0 bridgehead atoms. The second-order valence-corrected chi connectivity index (χ2v) is 10.4. The summed E-state index contributed by atoms with van der Waals surface area (Å²) in [5.74, 6) is 0.960. The first-order valence-corrected chi connectivity index (χ1v) is 13.6. The zero-order chi connectivity index (χ0) is 24.2. The number of amides is 1. The zero-order valence-corrected chi connectivity index (χ0v) is 21.1. The van der Waals surface area contributed by atoms with Crippen molar-refractivity contribution >= 4 is 27.3 Å². The molecule has 2 aromatic heterocycles. The lowest BCUT2D eigenvalue weighted by Gasteiger charge is -2.30. The van der Waals surface area contributed by atoms with E-state index in [9.17, 15) is 9.59 Å². The highest BCUT2D eigenvalue weighted by Crippen LogP contribution is 2.28. The Hall–Kier alpha value is -2.94. The van der Waals surface area contributed by atoms with E-state index >= 15 is 0 Å². The van der Waals surface area contributed by atoms with E-state index in [1.807, 2.05) is 24.3 Å². The van der Waals surface area contributed by atoms with Gasteiger partial charge in [-0.15, -0.1) is 5.10 Å². The fraction of sp³-hybridized carbons (Fsp3) is 0.538. The van der Waals surface area contributed by atoms with Gasteiger partial charge in [0, 0.05) is 31.1 Å². The SMILES string of the molecule is CCCCOc1ccc(CNC(=O)C2CCN(c3nn4c(=O)c5c(nc4s3)CCCC5)CC2)cc1. The fourth-order valence-corrected chi connectivity index (χ4v) is 5.76. The second kappa shape index (κ2) is 10.8. The molecule has 0 atom stereocenters. The van der Waals surface area contributed by atoms with Gasteiger partial charge in [0.15, 0.2) is 0 Å². The molecule has 0 saturated carbocycles. The third-order valence-electron chi connectivity index (χ3n) is 6.96. The van der Waals surface area contributed by atoms with Crippen LogP contribution in [0.4, 0.5) is 5.13 Å². The molecule has 1 aromatic carbocycles. The average molecular weight is 496 g/mol. The highest BCUT2D eigenvalue weighted by Gasteiger charge is 2.27. The molecule has 1 N–H and O–H groups in total. The van der Waals surface area contributed by atoms with Crippen LogP contribution in [0.25, 0.3) is 4.96 Å². The number of ether oxygens (including phenoxy) is 1. The number of aromatic nitrogens is 3. The molecule has 2 aliphatic rings. The minimum absolute atomic E-state index is 0.00885. The molecule has 0 radical (unpaired) electrons. The number of anilines is 1. The molecular weight excluding hydrogens is 462 g/mol. The molecule has 1 fully saturated rings. The number of fused-ring (bicyclic) bond motifs is 2. The van der Waals surface area contributed by atoms with Crippen molar-refractivity contribution in [3.05, 3.63) is 51.4 Å². The van der Waals surface area contributed by atoms with E-state index < -0.39 is 0 Å². The van der Waals surface area contributed by atoms with E-state index in [4.69, 9.17) is 9.72 Å². The third kappa shape index (κ3) is 5.34. The number of benzene rings is 1. The number of unbranched alkanes of at least 4 members (excludes halogenated alkanes) is 1. The van der Waals surface area contributed by atoms with E-state index in [-0.39, 0.29) is 17.4 Å². The number of carbonyl (C=O) groups excluding carboxylic acids is 1. The minimum atomic E-state index is -0.0120. The van der Waals surface area contributed by atoms with Gasteiger partial charge >= 0.3 is 0 Å². The third-order valence-corrected chi connectivity index (χ3v) is 7.93. The van der Waals surface area contributed by atoms with Gasteiger partial charge in [0.1, 0.15) is 5.75 Å². The predicted molar refractivity (Wildman–Crippen MR) is 137 cm³/mol. The number of aryl methyl sites for hydroxylation is 1. The van der Waals surface area contributed by atoms with E-state index in [1.54, 1.807) is 0 Å². The van der Waals surface area contributed by atoms with Crippen LogP contribution in [-0.4, -0.2) is 40.2 Å². The Labute approximate surface area is 209 Å². The first-order chi connectivity index (χ1) is 17.1. The molecule has 35 heavy (non-hydrogen) atoms. The molecule has 0 unspecified atom stereocenters. The van der Waals surface area contributed by atoms with Crippen LogP contribution in [0.3, 0.4) is 0 Å². The number of nitrogens with zero attached hydrogens (tertiary/aromatic N) is 4.